The Labute approximate surface area is 69.7 Å². The fraction of sp³-hybridized carbons (Fsp3) is 0. The predicted octanol–water partition coefficient (Wildman–Crippen LogP) is 0.0696. The minimum Gasteiger partial charge on any atom is -0.384 e. The largest absolute Gasteiger partial charge is 0.384 e. The number of nitrogen functional groups attached to an aromatic ring is 1. The molecule has 62 valence electrons. The van der Waals surface area contributed by atoms with Crippen LogP contribution >= 0.6 is 0 Å². The highest BCUT2D eigenvalue weighted by atomic mass is 16.1. The Morgan fingerprint density at radius 2 is 1.50 bits per heavy atom. The zero-order chi connectivity index (χ0) is 9.14. The van der Waals surface area contributed by atoms with Crippen LogP contribution in [-0.4, -0.2) is 11.7 Å². The van der Waals surface area contributed by atoms with Crippen molar-refractivity contribution in [3.8, 4) is 0 Å². The smallest absolute Gasteiger partial charge is 0.248 e. The summed E-state index contributed by atoms with van der Waals surface area (Å²) in [6, 6.07) is 6.25. The summed E-state index contributed by atoms with van der Waals surface area (Å²) in [5, 5.41) is 7.07. The van der Waals surface area contributed by atoms with Gasteiger partial charge in [-0.2, -0.15) is 0 Å². The van der Waals surface area contributed by atoms with Crippen molar-refractivity contribution in [1.29, 1.82) is 5.41 Å². The number of carbonyl (C=O) groups is 1. The number of hydrogen-bond donors (Lipinski definition) is 3. The van der Waals surface area contributed by atoms with Crippen LogP contribution in [0.25, 0.3) is 0 Å². The Morgan fingerprint density at radius 3 is 1.83 bits per heavy atom. The van der Waals surface area contributed by atoms with Crippen LogP contribution in [0.5, 0.6) is 0 Å². The third kappa shape index (κ3) is 1.60. The maximum absolute atomic E-state index is 10.6. The maximum atomic E-state index is 10.6. The van der Waals surface area contributed by atoms with Crippen molar-refractivity contribution in [2.45, 2.75) is 0 Å². The molecule has 1 aromatic rings. The van der Waals surface area contributed by atoms with Crippen LogP contribution in [0, 0.1) is 5.41 Å². The van der Waals surface area contributed by atoms with Gasteiger partial charge in [0, 0.05) is 11.1 Å². The molecular formula is C8H9N3O. The van der Waals surface area contributed by atoms with E-state index in [1.165, 1.54) is 0 Å². The second-order valence-electron chi connectivity index (χ2n) is 2.36. The highest BCUT2D eigenvalue weighted by Gasteiger charge is 2.00. The number of nitrogens with one attached hydrogen (secondary N) is 1. The van der Waals surface area contributed by atoms with Gasteiger partial charge in [-0.15, -0.1) is 0 Å². The van der Waals surface area contributed by atoms with Crippen LogP contribution in [0.4, 0.5) is 0 Å². The van der Waals surface area contributed by atoms with Gasteiger partial charge < -0.3 is 11.5 Å². The Hall–Kier alpha value is -1.84. The summed E-state index contributed by atoms with van der Waals surface area (Å²) in [4.78, 5) is 10.6. The van der Waals surface area contributed by atoms with Gasteiger partial charge >= 0.3 is 0 Å². The Morgan fingerprint density at radius 1 is 1.08 bits per heavy atom. The molecule has 0 saturated heterocycles. The first-order valence-corrected chi connectivity index (χ1v) is 3.35. The number of hydrogen-bond acceptors (Lipinski definition) is 2. The first kappa shape index (κ1) is 8.26. The minimum absolute atomic E-state index is 0.0222. The Kier molecular flexibility index (Phi) is 2.09. The van der Waals surface area contributed by atoms with Gasteiger partial charge in [0.05, 0.1) is 0 Å². The molecule has 5 N–H and O–H groups in total. The molecule has 0 saturated carbocycles. The van der Waals surface area contributed by atoms with E-state index in [1.807, 2.05) is 0 Å². The molecule has 0 aliphatic carbocycles. The molecule has 1 aromatic carbocycles. The average molecular weight is 163 g/mol. The molecule has 0 atom stereocenters. The molecule has 0 aliphatic rings. The monoisotopic (exact) mass is 163 g/mol. The number of primary amides is 1. The molecule has 0 aromatic heterocycles. The van der Waals surface area contributed by atoms with E-state index >= 15 is 0 Å². The Balaban J connectivity index is 3.01. The molecule has 0 fully saturated rings. The first-order chi connectivity index (χ1) is 5.61. The zero-order valence-corrected chi connectivity index (χ0v) is 6.37. The summed E-state index contributed by atoms with van der Waals surface area (Å²) >= 11 is 0. The van der Waals surface area contributed by atoms with Gasteiger partial charge in [0.2, 0.25) is 5.91 Å². The summed E-state index contributed by atoms with van der Waals surface area (Å²) in [5.74, 6) is -0.504. The van der Waals surface area contributed by atoms with Crippen LogP contribution in [0.1, 0.15) is 15.9 Å². The molecule has 0 aliphatic heterocycles. The van der Waals surface area contributed by atoms with Gasteiger partial charge in [-0.25, -0.2) is 0 Å². The molecule has 12 heavy (non-hydrogen) atoms. The summed E-state index contributed by atoms with van der Waals surface area (Å²) in [6.07, 6.45) is 0. The fourth-order valence-electron chi connectivity index (χ4n) is 0.814. The van der Waals surface area contributed by atoms with Gasteiger partial charge in [-0.1, -0.05) is 12.1 Å². The van der Waals surface area contributed by atoms with Crippen molar-refractivity contribution < 1.29 is 4.79 Å². The van der Waals surface area contributed by atoms with E-state index in [4.69, 9.17) is 16.9 Å². The SMILES string of the molecule is N=C(N)c1ccc(C(N)=O)cc1. The van der Waals surface area contributed by atoms with Gasteiger partial charge in [-0.3, -0.25) is 10.2 Å². The van der Waals surface area contributed by atoms with Crippen molar-refractivity contribution in [3.05, 3.63) is 35.4 Å². The number of nitrogens with two attached hydrogens (primary N) is 2. The van der Waals surface area contributed by atoms with Gasteiger partial charge in [-0.05, 0) is 12.1 Å². The van der Waals surface area contributed by atoms with Crippen molar-refractivity contribution in [1.82, 2.24) is 0 Å². The lowest BCUT2D eigenvalue weighted by Crippen LogP contribution is -2.13. The summed E-state index contributed by atoms with van der Waals surface area (Å²) < 4.78 is 0. The molecule has 0 unspecified atom stereocenters. The molecule has 0 radical (unpaired) electrons. The van der Waals surface area contributed by atoms with E-state index < -0.39 is 5.91 Å². The lowest BCUT2D eigenvalue weighted by Gasteiger charge is -1.98. The van der Waals surface area contributed by atoms with Crippen LogP contribution in [-0.2, 0) is 0 Å². The van der Waals surface area contributed by atoms with Gasteiger partial charge in [0.15, 0.2) is 0 Å². The van der Waals surface area contributed by atoms with E-state index in [0.29, 0.717) is 11.1 Å². The zero-order valence-electron chi connectivity index (χ0n) is 6.37. The third-order valence-electron chi connectivity index (χ3n) is 1.48. The van der Waals surface area contributed by atoms with Gasteiger partial charge in [0.25, 0.3) is 0 Å². The molecule has 4 heteroatoms. The quantitative estimate of drug-likeness (QED) is 0.425. The molecular weight excluding hydrogens is 154 g/mol. The molecule has 0 spiro atoms. The second kappa shape index (κ2) is 3.04. The predicted molar refractivity (Wildman–Crippen MR) is 46.0 cm³/mol. The average Bonchev–Trinajstić information content (AvgIpc) is 2.04. The van der Waals surface area contributed by atoms with Crippen molar-refractivity contribution in [2.24, 2.45) is 11.5 Å². The van der Waals surface area contributed by atoms with Crippen molar-refractivity contribution >= 4 is 11.7 Å². The standard InChI is InChI=1S/C8H9N3O/c9-7(10)5-1-3-6(4-2-5)8(11)12/h1-4H,(H3,9,10)(H2,11,12). The van der Waals surface area contributed by atoms with E-state index in [-0.39, 0.29) is 5.84 Å². The molecule has 1 rings (SSSR count). The number of carbonyl (C=O) groups excluding carboxylic acids is 1. The summed E-state index contributed by atoms with van der Waals surface area (Å²) in [5.41, 5.74) is 11.2. The van der Waals surface area contributed by atoms with Crippen LogP contribution in [0.15, 0.2) is 24.3 Å². The van der Waals surface area contributed by atoms with Crippen LogP contribution in [0.3, 0.4) is 0 Å². The Bertz CT molecular complexity index is 283. The van der Waals surface area contributed by atoms with E-state index in [1.54, 1.807) is 24.3 Å². The summed E-state index contributed by atoms with van der Waals surface area (Å²) in [7, 11) is 0. The number of amidine groups is 1. The lowest BCUT2D eigenvalue weighted by atomic mass is 10.1. The lowest BCUT2D eigenvalue weighted by molar-refractivity contribution is 0.100. The van der Waals surface area contributed by atoms with Crippen LogP contribution < -0.4 is 11.5 Å². The summed E-state index contributed by atoms with van der Waals surface area (Å²) in [6.45, 7) is 0. The van der Waals surface area contributed by atoms with Crippen molar-refractivity contribution in [2.75, 3.05) is 0 Å². The normalized spacial score (nSPS) is 9.33. The topological polar surface area (TPSA) is 93.0 Å². The highest BCUT2D eigenvalue weighted by molar-refractivity contribution is 5.97. The van der Waals surface area contributed by atoms with E-state index in [9.17, 15) is 4.79 Å². The molecule has 0 heterocycles. The fourth-order valence-corrected chi connectivity index (χ4v) is 0.814. The molecule has 1 amide bonds. The van der Waals surface area contributed by atoms with Crippen LogP contribution in [0.2, 0.25) is 0 Å². The first-order valence-electron chi connectivity index (χ1n) is 3.35. The minimum atomic E-state index is -0.481. The highest BCUT2D eigenvalue weighted by Crippen LogP contribution is 2.02. The number of rotatable bonds is 2. The maximum Gasteiger partial charge on any atom is 0.248 e. The van der Waals surface area contributed by atoms with E-state index in [2.05, 4.69) is 0 Å². The number of amides is 1. The van der Waals surface area contributed by atoms with E-state index in [0.717, 1.165) is 0 Å². The third-order valence-corrected chi connectivity index (χ3v) is 1.48. The van der Waals surface area contributed by atoms with Crippen molar-refractivity contribution in [3.63, 3.8) is 0 Å². The molecule has 4 nitrogen and oxygen atoms in total. The number of benzene rings is 1. The molecule has 0 bridgehead atoms. The second-order valence-corrected chi connectivity index (χ2v) is 2.36. The van der Waals surface area contributed by atoms with Gasteiger partial charge in [0.1, 0.15) is 5.84 Å².